The Bertz CT molecular complexity index is 746. The lowest BCUT2D eigenvalue weighted by atomic mass is 10.2. The number of fused-ring (bicyclic) bond motifs is 1. The summed E-state index contributed by atoms with van der Waals surface area (Å²) in [5.74, 6) is 0.980. The number of anilines is 1. The fourth-order valence-corrected chi connectivity index (χ4v) is 2.51. The van der Waals surface area contributed by atoms with Crippen molar-refractivity contribution in [3.05, 3.63) is 53.3 Å². The molecule has 0 atom stereocenters. The minimum atomic E-state index is 0.716. The highest BCUT2D eigenvalue weighted by molar-refractivity contribution is 6.32. The molecule has 96 valence electrons. The van der Waals surface area contributed by atoms with E-state index in [0.717, 1.165) is 34.7 Å². The van der Waals surface area contributed by atoms with E-state index >= 15 is 0 Å². The van der Waals surface area contributed by atoms with E-state index in [-0.39, 0.29) is 0 Å². The lowest BCUT2D eigenvalue weighted by Crippen LogP contribution is -2.00. The maximum absolute atomic E-state index is 6.30. The van der Waals surface area contributed by atoms with Gasteiger partial charge in [-0.2, -0.15) is 0 Å². The van der Waals surface area contributed by atoms with Gasteiger partial charge in [0.25, 0.3) is 0 Å². The number of para-hydroxylation sites is 1. The molecule has 3 aromatic rings. The molecule has 0 fully saturated rings. The van der Waals surface area contributed by atoms with Crippen LogP contribution in [0, 0.1) is 0 Å². The first-order chi connectivity index (χ1) is 9.20. The predicted molar refractivity (Wildman–Crippen MR) is 79.9 cm³/mol. The summed E-state index contributed by atoms with van der Waals surface area (Å²) in [6.07, 6.45) is 0.833. The Morgan fingerprint density at radius 2 is 2.00 bits per heavy atom. The van der Waals surface area contributed by atoms with Crippen LogP contribution in [0.1, 0.15) is 12.7 Å². The Balaban J connectivity index is 2.36. The van der Waals surface area contributed by atoms with Gasteiger partial charge in [0.05, 0.1) is 21.7 Å². The van der Waals surface area contributed by atoms with Crippen molar-refractivity contribution in [2.24, 2.45) is 0 Å². The lowest BCUT2D eigenvalue weighted by molar-refractivity contribution is 0.908. The molecule has 0 aliphatic heterocycles. The predicted octanol–water partition coefficient (Wildman–Crippen LogP) is 3.82. The molecule has 2 N–H and O–H groups in total. The topological polar surface area (TPSA) is 43.8 Å². The fraction of sp³-hybridized carbons (Fsp3) is 0.133. The van der Waals surface area contributed by atoms with E-state index in [0.29, 0.717) is 5.02 Å². The van der Waals surface area contributed by atoms with E-state index in [9.17, 15) is 0 Å². The van der Waals surface area contributed by atoms with Crippen LogP contribution in [-0.2, 0) is 6.42 Å². The van der Waals surface area contributed by atoms with Gasteiger partial charge in [-0.1, -0.05) is 30.7 Å². The highest BCUT2D eigenvalue weighted by Gasteiger charge is 2.13. The van der Waals surface area contributed by atoms with Crippen LogP contribution in [0.4, 0.5) is 5.69 Å². The number of rotatable bonds is 2. The van der Waals surface area contributed by atoms with Crippen molar-refractivity contribution in [3.63, 3.8) is 0 Å². The number of hydrogen-bond donors (Lipinski definition) is 1. The van der Waals surface area contributed by atoms with Crippen molar-refractivity contribution in [2.45, 2.75) is 13.3 Å². The van der Waals surface area contributed by atoms with E-state index in [1.807, 2.05) is 42.5 Å². The normalized spacial score (nSPS) is 11.1. The Morgan fingerprint density at radius 3 is 2.74 bits per heavy atom. The molecular weight excluding hydrogens is 258 g/mol. The van der Waals surface area contributed by atoms with Crippen LogP contribution < -0.4 is 5.73 Å². The zero-order chi connectivity index (χ0) is 13.4. The molecule has 3 nitrogen and oxygen atoms in total. The summed E-state index contributed by atoms with van der Waals surface area (Å²) in [5, 5.41) is 0.716. The second-order valence-electron chi connectivity index (χ2n) is 4.42. The first-order valence-electron chi connectivity index (χ1n) is 6.22. The second kappa shape index (κ2) is 4.59. The molecule has 0 aliphatic carbocycles. The van der Waals surface area contributed by atoms with Crippen LogP contribution in [0.15, 0.2) is 42.5 Å². The Kier molecular flexibility index (Phi) is 2.91. The third kappa shape index (κ3) is 1.96. The van der Waals surface area contributed by atoms with E-state index in [1.54, 1.807) is 0 Å². The van der Waals surface area contributed by atoms with Crippen LogP contribution in [0.25, 0.3) is 16.7 Å². The molecule has 0 amide bonds. The minimum Gasteiger partial charge on any atom is -0.399 e. The first-order valence-corrected chi connectivity index (χ1v) is 6.60. The Labute approximate surface area is 116 Å². The number of aromatic nitrogens is 2. The molecule has 1 aromatic heterocycles. The summed E-state index contributed by atoms with van der Waals surface area (Å²) in [6.45, 7) is 2.08. The molecular formula is C15H14ClN3. The van der Waals surface area contributed by atoms with Gasteiger partial charge in [0, 0.05) is 12.1 Å². The number of nitrogens with zero attached hydrogens (tertiary/aromatic N) is 2. The highest BCUT2D eigenvalue weighted by Crippen LogP contribution is 2.27. The number of halogens is 1. The van der Waals surface area contributed by atoms with Gasteiger partial charge >= 0.3 is 0 Å². The molecule has 1 heterocycles. The number of nitrogens with two attached hydrogens (primary N) is 1. The van der Waals surface area contributed by atoms with Crippen LogP contribution in [0.2, 0.25) is 5.02 Å². The summed E-state index contributed by atoms with van der Waals surface area (Å²) in [7, 11) is 0. The maximum Gasteiger partial charge on any atom is 0.114 e. The molecule has 2 aromatic carbocycles. The van der Waals surface area contributed by atoms with Gasteiger partial charge in [-0.3, -0.25) is 4.57 Å². The van der Waals surface area contributed by atoms with Gasteiger partial charge in [-0.05, 0) is 30.3 Å². The number of hydrogen-bond acceptors (Lipinski definition) is 2. The third-order valence-electron chi connectivity index (χ3n) is 3.16. The van der Waals surface area contributed by atoms with E-state index in [4.69, 9.17) is 17.3 Å². The van der Waals surface area contributed by atoms with Crippen LogP contribution in [0.3, 0.4) is 0 Å². The first kappa shape index (κ1) is 12.1. The average molecular weight is 272 g/mol. The average Bonchev–Trinajstić information content (AvgIpc) is 2.76. The summed E-state index contributed by atoms with van der Waals surface area (Å²) in [4.78, 5) is 4.63. The van der Waals surface area contributed by atoms with Gasteiger partial charge in [0.1, 0.15) is 5.82 Å². The van der Waals surface area contributed by atoms with Crippen LogP contribution >= 0.6 is 11.6 Å². The smallest absolute Gasteiger partial charge is 0.114 e. The number of aryl methyl sites for hydroxylation is 1. The highest BCUT2D eigenvalue weighted by atomic mass is 35.5. The largest absolute Gasteiger partial charge is 0.399 e. The SMILES string of the molecule is CCc1nc2cc(N)ccc2n1-c1ccccc1Cl. The summed E-state index contributed by atoms with van der Waals surface area (Å²) in [6, 6.07) is 13.6. The summed E-state index contributed by atoms with van der Waals surface area (Å²) < 4.78 is 2.09. The zero-order valence-corrected chi connectivity index (χ0v) is 11.4. The molecule has 0 saturated carbocycles. The van der Waals surface area contributed by atoms with Crippen LogP contribution in [-0.4, -0.2) is 9.55 Å². The molecule has 0 radical (unpaired) electrons. The van der Waals surface area contributed by atoms with Gasteiger partial charge < -0.3 is 5.73 Å². The molecule has 0 unspecified atom stereocenters. The molecule has 4 heteroatoms. The molecule has 0 bridgehead atoms. The molecule has 0 saturated heterocycles. The van der Waals surface area contributed by atoms with Gasteiger partial charge in [-0.15, -0.1) is 0 Å². The zero-order valence-electron chi connectivity index (χ0n) is 10.6. The molecule has 0 aliphatic rings. The van der Waals surface area contributed by atoms with Gasteiger partial charge in [0.2, 0.25) is 0 Å². The van der Waals surface area contributed by atoms with Crippen molar-refractivity contribution in [2.75, 3.05) is 5.73 Å². The lowest BCUT2D eigenvalue weighted by Gasteiger charge is -2.09. The number of nitrogen functional groups attached to an aromatic ring is 1. The second-order valence-corrected chi connectivity index (χ2v) is 4.82. The van der Waals surface area contributed by atoms with E-state index in [2.05, 4.69) is 16.5 Å². The Hall–Kier alpha value is -2.00. The van der Waals surface area contributed by atoms with Gasteiger partial charge in [-0.25, -0.2) is 4.98 Å². The number of imidazole rings is 1. The maximum atomic E-state index is 6.30. The van der Waals surface area contributed by atoms with Gasteiger partial charge in [0.15, 0.2) is 0 Å². The summed E-state index contributed by atoms with van der Waals surface area (Å²) >= 11 is 6.30. The third-order valence-corrected chi connectivity index (χ3v) is 3.48. The molecule has 0 spiro atoms. The Morgan fingerprint density at radius 1 is 1.21 bits per heavy atom. The van der Waals surface area contributed by atoms with E-state index in [1.165, 1.54) is 0 Å². The van der Waals surface area contributed by atoms with E-state index < -0.39 is 0 Å². The standard InChI is InChI=1S/C15H14ClN3/c1-2-15-18-12-9-10(17)7-8-14(12)19(15)13-6-4-3-5-11(13)16/h3-9H,2,17H2,1H3. The quantitative estimate of drug-likeness (QED) is 0.720. The van der Waals surface area contributed by atoms with Crippen molar-refractivity contribution in [3.8, 4) is 5.69 Å². The minimum absolute atomic E-state index is 0.716. The molecule has 19 heavy (non-hydrogen) atoms. The molecule has 3 rings (SSSR count). The number of benzene rings is 2. The van der Waals surface area contributed by atoms with Crippen molar-refractivity contribution >= 4 is 28.3 Å². The monoisotopic (exact) mass is 271 g/mol. The van der Waals surface area contributed by atoms with Crippen molar-refractivity contribution in [1.82, 2.24) is 9.55 Å². The fourth-order valence-electron chi connectivity index (χ4n) is 2.29. The van der Waals surface area contributed by atoms with Crippen LogP contribution in [0.5, 0.6) is 0 Å². The summed E-state index contributed by atoms with van der Waals surface area (Å²) in [5.41, 5.74) is 9.42. The van der Waals surface area contributed by atoms with Crippen molar-refractivity contribution in [1.29, 1.82) is 0 Å². The van der Waals surface area contributed by atoms with Crippen molar-refractivity contribution < 1.29 is 0 Å².